The molecule has 0 spiro atoms. The summed E-state index contributed by atoms with van der Waals surface area (Å²) in [7, 11) is -7.65. The number of carbonyl (C=O) groups excluding carboxylic acids is 2. The second-order valence-electron chi connectivity index (χ2n) is 33.2. The third-order valence-electron chi connectivity index (χ3n) is 24.2. The van der Waals surface area contributed by atoms with Crippen molar-refractivity contribution in [3.05, 3.63) is 253 Å². The summed E-state index contributed by atoms with van der Waals surface area (Å²) < 4.78 is 102. The number of anilines is 6. The molecule has 19 rings (SSSR count). The Bertz CT molecular complexity index is 7960. The van der Waals surface area contributed by atoms with Crippen molar-refractivity contribution >= 4 is 89.2 Å². The number of halogens is 1. The van der Waals surface area contributed by atoms with Crippen LogP contribution in [0.4, 0.5) is 48.6 Å². The monoisotopic (exact) mass is 2010 g/mol. The molecule has 0 saturated carbocycles. The fourth-order valence-corrected chi connectivity index (χ4v) is 19.3. The highest BCUT2D eigenvalue weighted by Crippen LogP contribution is 2.38. The molecule has 742 valence electrons. The molecule has 1 aromatic carbocycles. The molecule has 0 radical (unpaired) electrons. The van der Waals surface area contributed by atoms with E-state index in [0.29, 0.717) is 198 Å². The average Bonchev–Trinajstić information content (AvgIpc) is 1.68. The Morgan fingerprint density at radius 3 is 1.01 bits per heavy atom. The molecule has 0 aliphatic carbocycles. The van der Waals surface area contributed by atoms with Crippen molar-refractivity contribution in [1.82, 2.24) is 97.4 Å². The van der Waals surface area contributed by atoms with E-state index in [1.165, 1.54) is 39.5 Å². The van der Waals surface area contributed by atoms with Crippen LogP contribution in [0.5, 0.6) is 23.0 Å². The van der Waals surface area contributed by atoms with E-state index in [1.54, 1.807) is 91.0 Å². The molecule has 14 aromatic heterocycles. The smallest absolute Gasteiger partial charge is 0.318 e. The zero-order chi connectivity index (χ0) is 103. The number of hydrogen-bond donors (Lipinski definition) is 4. The van der Waals surface area contributed by atoms with Gasteiger partial charge in [-0.2, -0.15) is 71.3 Å². The topological polar surface area (TPSA) is 455 Å². The molecule has 4 aliphatic heterocycles. The van der Waals surface area contributed by atoms with E-state index in [4.69, 9.17) is 49.6 Å². The van der Waals surface area contributed by atoms with Gasteiger partial charge in [0, 0.05) is 198 Å². The van der Waals surface area contributed by atoms with Gasteiger partial charge in [0.1, 0.15) is 70.5 Å². The minimum absolute atomic E-state index is 0.0821. The van der Waals surface area contributed by atoms with Gasteiger partial charge < -0.3 is 59.0 Å². The molecule has 18 heterocycles. The first-order chi connectivity index (χ1) is 71.5. The second kappa shape index (κ2) is 46.4. The predicted molar refractivity (Wildman–Crippen MR) is 551 cm³/mol. The SMILES string of the molecule is C#CCNC(=O)N1CCN(c2ccc(-c3cc(OCC)cn4ncc(C#N)c34)cn2)CC1.C#Cc1cc(NS(=O)(=O)N2CCN(c3ccc(-c4cc(OCC)cn5ncc(C#N)c45)cn3)CC2)cnc1F.C#Cc1ccc(CNC(=O)N2CCN(c3ccc(-c4cc(OCC)cn5ncc(C#N)c45)cn3)CC2)cc1.C#Cc1cncc(NS(=O)(=O)N2CCN(c3ccc(-c4cc(OCC)cn5ncc(C#N)c45)cn3)CC2)c1. The van der Waals surface area contributed by atoms with Crippen LogP contribution in [0.1, 0.15) is 72.2 Å². The molecule has 147 heavy (non-hydrogen) atoms. The summed E-state index contributed by atoms with van der Waals surface area (Å²) in [5.41, 5.74) is 13.8. The maximum atomic E-state index is 13.5. The van der Waals surface area contributed by atoms with Crippen LogP contribution >= 0.6 is 0 Å². The molecule has 0 bridgehead atoms. The third kappa shape index (κ3) is 23.6. The highest BCUT2D eigenvalue weighted by Gasteiger charge is 2.33. The van der Waals surface area contributed by atoms with Gasteiger partial charge in [-0.3, -0.25) is 14.4 Å². The van der Waals surface area contributed by atoms with Crippen molar-refractivity contribution in [2.24, 2.45) is 0 Å². The summed E-state index contributed by atoms with van der Waals surface area (Å²) >= 11 is 0. The fraction of sp³-hybridized carbons (Fsp3) is 0.250. The number of carbonyl (C=O) groups is 2. The molecule has 43 heteroatoms. The number of nitrogens with one attached hydrogen (secondary N) is 4. The minimum atomic E-state index is -3.89. The quantitative estimate of drug-likeness (QED) is 0.0305. The van der Waals surface area contributed by atoms with Crippen LogP contribution in [0, 0.1) is 101 Å². The maximum absolute atomic E-state index is 13.5. The third-order valence-corrected chi connectivity index (χ3v) is 27.3. The average molecular weight is 2010 g/mol. The lowest BCUT2D eigenvalue weighted by atomic mass is 10.1. The van der Waals surface area contributed by atoms with Crippen molar-refractivity contribution < 1.29 is 49.8 Å². The van der Waals surface area contributed by atoms with Crippen molar-refractivity contribution in [2.75, 3.05) is 167 Å². The first-order valence-corrected chi connectivity index (χ1v) is 49.5. The Labute approximate surface area is 847 Å². The van der Waals surface area contributed by atoms with Crippen LogP contribution < -0.4 is 58.6 Å². The van der Waals surface area contributed by atoms with E-state index < -0.39 is 26.4 Å². The molecule has 0 atom stereocenters. The normalized spacial score (nSPS) is 13.7. The van der Waals surface area contributed by atoms with Gasteiger partial charge in [0.05, 0.1) is 156 Å². The van der Waals surface area contributed by atoms with Gasteiger partial charge in [0.2, 0.25) is 5.95 Å². The first-order valence-electron chi connectivity index (χ1n) is 46.6. The lowest BCUT2D eigenvalue weighted by Gasteiger charge is -2.35. The van der Waals surface area contributed by atoms with Gasteiger partial charge >= 0.3 is 32.5 Å². The van der Waals surface area contributed by atoms with Crippen LogP contribution in [-0.4, -0.2) is 253 Å². The van der Waals surface area contributed by atoms with Gasteiger partial charge in [-0.05, 0) is 130 Å². The summed E-state index contributed by atoms with van der Waals surface area (Å²) in [5.74, 6) is 14.4. The number of nitriles is 4. The van der Waals surface area contributed by atoms with Crippen molar-refractivity contribution in [1.29, 1.82) is 21.0 Å². The van der Waals surface area contributed by atoms with E-state index in [-0.39, 0.29) is 42.9 Å². The standard InChI is InChI=1S/C29H27N7O2.C26H23FN8O3S.C26H24N8O3S.C23H23N7O2/c1-3-21-5-7-22(8-6-21)17-32-29(37)35-13-11-34(12-14-35)27-10-9-23(18-31-27)26-15-25(38-4-2)20-36-28(26)24(16-30)19-33-36;1-3-18-11-21(16-30-26(18)27)32-39(36,37)34-9-7-33(8-10-34)24-6-5-19(14-29-24)23-12-22(38-4-2)17-35-25(23)20(13-28)15-31-35;1-3-19-11-22(17-28-14-19)31-38(35,36)33-9-7-32(8-10-33)25-6-5-20(15-29-25)24-12-23(37-4-2)18-34-26(24)21(13-27)16-30-34;1-3-7-25-23(31)29-10-8-28(9-11-29)21-6-5-17(14-26-21)20-12-19(32-4-2)16-30-22(20)18(13-24)15-27-30/h1,5-10,15,18-20H,4,11-14,17H2,2H3,(H,32,37);1,5-6,11-12,14-17,32H,4,7-10H2,2H3;1,5-6,11-12,14-18,31H,4,7-10H2,2H3;1,5-6,12,14-16H,4,7-11H2,2H3,(H,25,31). The molecule has 4 amide bonds. The largest absolute Gasteiger partial charge is 0.492 e. The van der Waals surface area contributed by atoms with Crippen LogP contribution in [0.25, 0.3) is 66.6 Å². The molecule has 4 fully saturated rings. The number of rotatable bonds is 25. The highest BCUT2D eigenvalue weighted by atomic mass is 32.2. The maximum Gasteiger partial charge on any atom is 0.318 e. The molecule has 4 saturated heterocycles. The Morgan fingerprint density at radius 1 is 0.374 bits per heavy atom. The molecule has 40 nitrogen and oxygen atoms in total. The molecular weight excluding hydrogens is 1910 g/mol. The van der Waals surface area contributed by atoms with Crippen LogP contribution in [0.3, 0.4) is 0 Å². The zero-order valence-corrected chi connectivity index (χ0v) is 82.0. The predicted octanol–water partition coefficient (Wildman–Crippen LogP) is 11.0. The number of terminal acetylenes is 4. The number of ether oxygens (including phenoxy) is 4. The Hall–Kier alpha value is -18.6. The minimum Gasteiger partial charge on any atom is -0.492 e. The number of urea groups is 2. The van der Waals surface area contributed by atoms with Crippen molar-refractivity contribution in [3.63, 3.8) is 0 Å². The van der Waals surface area contributed by atoms with Crippen molar-refractivity contribution in [2.45, 2.75) is 34.2 Å². The van der Waals surface area contributed by atoms with E-state index >= 15 is 0 Å². The number of piperazine rings is 4. The van der Waals surface area contributed by atoms with E-state index in [9.17, 15) is 51.9 Å². The van der Waals surface area contributed by atoms with Gasteiger partial charge in [0.25, 0.3) is 0 Å². The van der Waals surface area contributed by atoms with Gasteiger partial charge in [-0.25, -0.2) is 52.6 Å². The summed E-state index contributed by atoms with van der Waals surface area (Å²) in [5, 5.41) is 61.0. The van der Waals surface area contributed by atoms with Gasteiger partial charge in [-0.1, -0.05) is 35.8 Å². The molecule has 4 aliphatic rings. The second-order valence-corrected chi connectivity index (χ2v) is 36.5. The number of fused-ring (bicyclic) bond motifs is 4. The van der Waals surface area contributed by atoms with Crippen molar-refractivity contribution in [3.8, 4) is 141 Å². The Kier molecular flexibility index (Phi) is 32.0. The summed E-state index contributed by atoms with van der Waals surface area (Å²) in [6, 6.07) is 42.0. The molecule has 4 N–H and O–H groups in total. The summed E-state index contributed by atoms with van der Waals surface area (Å²) in [6.07, 6.45) is 45.4. The first kappa shape index (κ1) is 101. The summed E-state index contributed by atoms with van der Waals surface area (Å²) in [4.78, 5) is 62.7. The number of pyridine rings is 10. The van der Waals surface area contributed by atoms with Crippen LogP contribution in [0.15, 0.2) is 202 Å². The highest BCUT2D eigenvalue weighted by molar-refractivity contribution is 7.90. The molecular formula is C104H97FN30O10S2. The number of hydrogen-bond acceptors (Lipinski definition) is 28. The van der Waals surface area contributed by atoms with E-state index in [2.05, 4.69) is 123 Å². The number of aromatic nitrogens is 14. The zero-order valence-electron chi connectivity index (χ0n) is 80.3. The Balaban J connectivity index is 0.000000140. The summed E-state index contributed by atoms with van der Waals surface area (Å²) in [6.45, 7) is 18.3. The van der Waals surface area contributed by atoms with E-state index in [0.717, 1.165) is 90.3 Å². The van der Waals surface area contributed by atoms with Crippen LogP contribution in [-0.2, 0) is 27.0 Å². The fourth-order valence-electron chi connectivity index (χ4n) is 17.0. The molecule has 15 aromatic rings. The lowest BCUT2D eigenvalue weighted by Crippen LogP contribution is -2.52. The number of benzene rings is 1. The van der Waals surface area contributed by atoms with Crippen LogP contribution in [0.2, 0.25) is 0 Å². The van der Waals surface area contributed by atoms with Gasteiger partial charge in [-0.15, -0.1) is 25.7 Å². The number of amides is 4. The van der Waals surface area contributed by atoms with E-state index in [1.807, 2.05) is 139 Å². The molecule has 0 unspecified atom stereocenters. The van der Waals surface area contributed by atoms with Gasteiger partial charge in [0.15, 0.2) is 0 Å². The lowest BCUT2D eigenvalue weighted by molar-refractivity contribution is 0.193. The Morgan fingerprint density at radius 2 is 0.707 bits per heavy atom. The number of nitrogens with zero attached hydrogens (tertiary/aromatic N) is 26.